The number of benzene rings is 1. The monoisotopic (exact) mass is 313 g/mol. The second-order valence-corrected chi connectivity index (χ2v) is 7.11. The van der Waals surface area contributed by atoms with Crippen LogP contribution in [0.5, 0.6) is 0 Å². The standard InChI is InChI=1S/C13H19N3O4S/c17-16(18)12-3-1-11(2-4-12)5-10-15-21(19,20)13-6-8-14-9-7-13/h1-4,13-15H,5-10H2. The molecule has 0 unspecified atom stereocenters. The summed E-state index contributed by atoms with van der Waals surface area (Å²) in [6, 6.07) is 6.15. The van der Waals surface area contributed by atoms with Gasteiger partial charge in [0.25, 0.3) is 5.69 Å². The Balaban J connectivity index is 1.84. The molecule has 1 aliphatic heterocycles. The maximum absolute atomic E-state index is 12.1. The molecule has 0 atom stereocenters. The zero-order chi connectivity index (χ0) is 15.3. The molecule has 1 saturated heterocycles. The number of rotatable bonds is 6. The molecule has 0 saturated carbocycles. The second-order valence-electron chi connectivity index (χ2n) is 5.06. The largest absolute Gasteiger partial charge is 0.317 e. The van der Waals surface area contributed by atoms with Crippen molar-refractivity contribution in [1.82, 2.24) is 10.0 Å². The minimum atomic E-state index is -3.27. The Morgan fingerprint density at radius 3 is 2.43 bits per heavy atom. The van der Waals surface area contributed by atoms with E-state index in [1.165, 1.54) is 12.1 Å². The minimum Gasteiger partial charge on any atom is -0.317 e. The third-order valence-corrected chi connectivity index (χ3v) is 5.54. The van der Waals surface area contributed by atoms with Crippen molar-refractivity contribution < 1.29 is 13.3 Å². The van der Waals surface area contributed by atoms with E-state index >= 15 is 0 Å². The first kappa shape index (κ1) is 15.9. The van der Waals surface area contributed by atoms with Gasteiger partial charge in [0.05, 0.1) is 10.2 Å². The van der Waals surface area contributed by atoms with Crippen LogP contribution in [0.2, 0.25) is 0 Å². The average molecular weight is 313 g/mol. The van der Waals surface area contributed by atoms with E-state index < -0.39 is 14.9 Å². The van der Waals surface area contributed by atoms with Gasteiger partial charge in [0.2, 0.25) is 10.0 Å². The van der Waals surface area contributed by atoms with E-state index in [1.807, 2.05) is 0 Å². The topological polar surface area (TPSA) is 101 Å². The number of hydrogen-bond acceptors (Lipinski definition) is 5. The highest BCUT2D eigenvalue weighted by atomic mass is 32.2. The molecule has 1 aromatic rings. The highest BCUT2D eigenvalue weighted by molar-refractivity contribution is 7.90. The molecule has 8 heteroatoms. The molecule has 1 aliphatic rings. The Morgan fingerprint density at radius 1 is 1.24 bits per heavy atom. The SMILES string of the molecule is O=[N+]([O-])c1ccc(CCNS(=O)(=O)C2CCNCC2)cc1. The molecule has 2 rings (SSSR count). The summed E-state index contributed by atoms with van der Waals surface area (Å²) in [4.78, 5) is 10.1. The summed E-state index contributed by atoms with van der Waals surface area (Å²) in [5.74, 6) is 0. The van der Waals surface area contributed by atoms with Crippen LogP contribution in [0, 0.1) is 10.1 Å². The van der Waals surface area contributed by atoms with Gasteiger partial charge in [-0.3, -0.25) is 10.1 Å². The fourth-order valence-corrected chi connectivity index (χ4v) is 3.82. The molecule has 116 valence electrons. The normalized spacial score (nSPS) is 16.8. The van der Waals surface area contributed by atoms with Gasteiger partial charge in [-0.25, -0.2) is 13.1 Å². The smallest absolute Gasteiger partial charge is 0.269 e. The number of hydrogen-bond donors (Lipinski definition) is 2. The lowest BCUT2D eigenvalue weighted by atomic mass is 10.1. The van der Waals surface area contributed by atoms with E-state index in [1.54, 1.807) is 12.1 Å². The van der Waals surface area contributed by atoms with Gasteiger partial charge in [-0.15, -0.1) is 0 Å². The number of nitrogens with one attached hydrogen (secondary N) is 2. The van der Waals surface area contributed by atoms with Gasteiger partial charge in [0.1, 0.15) is 0 Å². The number of non-ortho nitro benzene ring substituents is 1. The van der Waals surface area contributed by atoms with Crippen molar-refractivity contribution in [3.05, 3.63) is 39.9 Å². The quantitative estimate of drug-likeness (QED) is 0.598. The first-order valence-electron chi connectivity index (χ1n) is 6.91. The van der Waals surface area contributed by atoms with Gasteiger partial charge >= 0.3 is 0 Å². The summed E-state index contributed by atoms with van der Waals surface area (Å²) < 4.78 is 26.8. The van der Waals surface area contributed by atoms with Crippen LogP contribution in [0.15, 0.2) is 24.3 Å². The predicted octanol–water partition coefficient (Wildman–Crippen LogP) is 0.809. The molecule has 2 N–H and O–H groups in total. The third kappa shape index (κ3) is 4.48. The van der Waals surface area contributed by atoms with Crippen molar-refractivity contribution in [2.24, 2.45) is 0 Å². The van der Waals surface area contributed by atoms with Crippen LogP contribution >= 0.6 is 0 Å². The molecule has 1 heterocycles. The van der Waals surface area contributed by atoms with E-state index in [9.17, 15) is 18.5 Å². The van der Waals surface area contributed by atoms with Gasteiger partial charge in [0.15, 0.2) is 0 Å². The molecule has 0 spiro atoms. The van der Waals surface area contributed by atoms with Crippen molar-refractivity contribution in [3.63, 3.8) is 0 Å². The lowest BCUT2D eigenvalue weighted by molar-refractivity contribution is -0.384. The third-order valence-electron chi connectivity index (χ3n) is 3.59. The van der Waals surface area contributed by atoms with E-state index in [0.717, 1.165) is 18.7 Å². The van der Waals surface area contributed by atoms with Crippen LogP contribution in [0.4, 0.5) is 5.69 Å². The van der Waals surface area contributed by atoms with Crippen LogP contribution in [0.3, 0.4) is 0 Å². The number of nitro benzene ring substituents is 1. The van der Waals surface area contributed by atoms with Crippen LogP contribution < -0.4 is 10.0 Å². The zero-order valence-electron chi connectivity index (χ0n) is 11.6. The molecule has 0 radical (unpaired) electrons. The molecular weight excluding hydrogens is 294 g/mol. The van der Waals surface area contributed by atoms with Crippen molar-refractivity contribution >= 4 is 15.7 Å². The molecule has 0 bridgehead atoms. The zero-order valence-corrected chi connectivity index (χ0v) is 12.4. The fraction of sp³-hybridized carbons (Fsp3) is 0.538. The van der Waals surface area contributed by atoms with E-state index in [2.05, 4.69) is 10.0 Å². The van der Waals surface area contributed by atoms with E-state index in [-0.39, 0.29) is 10.9 Å². The highest BCUT2D eigenvalue weighted by Crippen LogP contribution is 2.13. The molecule has 0 aromatic heterocycles. The fourth-order valence-electron chi connectivity index (χ4n) is 2.35. The highest BCUT2D eigenvalue weighted by Gasteiger charge is 2.26. The van der Waals surface area contributed by atoms with Crippen LogP contribution in [0.1, 0.15) is 18.4 Å². The van der Waals surface area contributed by atoms with Gasteiger partial charge in [0, 0.05) is 18.7 Å². The molecule has 7 nitrogen and oxygen atoms in total. The van der Waals surface area contributed by atoms with Gasteiger partial charge in [-0.2, -0.15) is 0 Å². The molecule has 1 aromatic carbocycles. The lowest BCUT2D eigenvalue weighted by Crippen LogP contribution is -2.42. The molecule has 0 amide bonds. The molecule has 21 heavy (non-hydrogen) atoms. The number of sulfonamides is 1. The van der Waals surface area contributed by atoms with Crippen LogP contribution in [-0.4, -0.2) is 38.2 Å². The lowest BCUT2D eigenvalue weighted by Gasteiger charge is -2.22. The van der Waals surface area contributed by atoms with Crippen molar-refractivity contribution in [2.45, 2.75) is 24.5 Å². The van der Waals surface area contributed by atoms with Crippen molar-refractivity contribution in [3.8, 4) is 0 Å². The summed E-state index contributed by atoms with van der Waals surface area (Å²) in [7, 11) is -3.27. The minimum absolute atomic E-state index is 0.0361. The Kier molecular flexibility index (Phi) is 5.27. The maximum atomic E-state index is 12.1. The summed E-state index contributed by atoms with van der Waals surface area (Å²) in [5.41, 5.74) is 0.905. The van der Waals surface area contributed by atoms with Crippen molar-refractivity contribution in [2.75, 3.05) is 19.6 Å². The first-order valence-corrected chi connectivity index (χ1v) is 8.46. The molecule has 0 aliphatic carbocycles. The van der Waals surface area contributed by atoms with Gasteiger partial charge < -0.3 is 5.32 Å². The number of nitro groups is 1. The maximum Gasteiger partial charge on any atom is 0.269 e. The first-order chi connectivity index (χ1) is 9.99. The van der Waals surface area contributed by atoms with E-state index in [0.29, 0.717) is 25.8 Å². The summed E-state index contributed by atoms with van der Waals surface area (Å²) in [6.07, 6.45) is 1.78. The Bertz CT molecular complexity index is 580. The van der Waals surface area contributed by atoms with Crippen molar-refractivity contribution in [1.29, 1.82) is 0 Å². The Morgan fingerprint density at radius 2 is 1.86 bits per heavy atom. The summed E-state index contributed by atoms with van der Waals surface area (Å²) >= 11 is 0. The number of nitrogens with zero attached hydrogens (tertiary/aromatic N) is 1. The van der Waals surface area contributed by atoms with Crippen LogP contribution in [0.25, 0.3) is 0 Å². The van der Waals surface area contributed by atoms with Gasteiger partial charge in [-0.05, 0) is 37.9 Å². The summed E-state index contributed by atoms with van der Waals surface area (Å²) in [6.45, 7) is 1.77. The predicted molar refractivity (Wildman–Crippen MR) is 79.6 cm³/mol. The Hall–Kier alpha value is -1.51. The second kappa shape index (κ2) is 6.97. The average Bonchev–Trinajstić information content (AvgIpc) is 2.48. The van der Waals surface area contributed by atoms with Gasteiger partial charge in [-0.1, -0.05) is 12.1 Å². The Labute approximate surface area is 123 Å². The number of piperidine rings is 1. The molecular formula is C13H19N3O4S. The van der Waals surface area contributed by atoms with Crippen LogP contribution in [-0.2, 0) is 16.4 Å². The summed E-state index contributed by atoms with van der Waals surface area (Å²) in [5, 5.41) is 13.4. The molecule has 1 fully saturated rings. The van der Waals surface area contributed by atoms with E-state index in [4.69, 9.17) is 0 Å².